The number of carboxylic acid groups (broad SMARTS) is 1. The number of benzene rings is 2. The van der Waals surface area contributed by atoms with Crippen LogP contribution in [0.3, 0.4) is 0 Å². The van der Waals surface area contributed by atoms with Gasteiger partial charge in [-0.15, -0.1) is 0 Å². The van der Waals surface area contributed by atoms with Crippen molar-refractivity contribution in [1.82, 2.24) is 5.32 Å². The summed E-state index contributed by atoms with van der Waals surface area (Å²) in [4.78, 5) is 23.4. The molecule has 8 heteroatoms. The summed E-state index contributed by atoms with van der Waals surface area (Å²) in [5, 5.41) is 14.6. The molecule has 2 aliphatic rings. The highest BCUT2D eigenvalue weighted by molar-refractivity contribution is 6.04. The van der Waals surface area contributed by atoms with Gasteiger partial charge in [0.15, 0.2) is 0 Å². The van der Waals surface area contributed by atoms with Crippen molar-refractivity contribution in [2.45, 2.75) is 37.5 Å². The summed E-state index contributed by atoms with van der Waals surface area (Å²) in [6.45, 7) is 0.691. The fraction of sp³-hybridized carbons (Fsp3) is 0.333. The zero-order valence-corrected chi connectivity index (χ0v) is 15.7. The molecule has 4 rings (SSSR count). The van der Waals surface area contributed by atoms with E-state index in [2.05, 4.69) is 10.6 Å². The number of carbonyl (C=O) groups is 2. The van der Waals surface area contributed by atoms with Crippen LogP contribution in [0.2, 0.25) is 0 Å². The fourth-order valence-corrected chi connectivity index (χ4v) is 3.70. The first-order chi connectivity index (χ1) is 13.9. The maximum atomic E-state index is 14.5. The average molecular weight is 399 g/mol. The number of amides is 1. The van der Waals surface area contributed by atoms with E-state index in [1.807, 2.05) is 0 Å². The normalized spacial score (nSPS) is 22.8. The van der Waals surface area contributed by atoms with Gasteiger partial charge in [-0.05, 0) is 54.3 Å². The van der Waals surface area contributed by atoms with E-state index in [4.69, 9.17) is 15.6 Å². The van der Waals surface area contributed by atoms with Crippen molar-refractivity contribution in [3.05, 3.63) is 58.9 Å². The van der Waals surface area contributed by atoms with Gasteiger partial charge >= 0.3 is 5.97 Å². The lowest BCUT2D eigenvalue weighted by Crippen LogP contribution is -2.56. The third kappa shape index (κ3) is 4.08. The quantitative estimate of drug-likeness (QED) is 0.613. The summed E-state index contributed by atoms with van der Waals surface area (Å²) < 4.78 is 20.2. The summed E-state index contributed by atoms with van der Waals surface area (Å²) >= 11 is 0. The van der Waals surface area contributed by atoms with Crippen LogP contribution in [0, 0.1) is 5.82 Å². The molecular weight excluding hydrogens is 377 g/mol. The second kappa shape index (κ2) is 7.81. The number of nitrogens with one attached hydrogen (secondary N) is 2. The zero-order valence-electron chi connectivity index (χ0n) is 15.7. The highest BCUT2D eigenvalue weighted by Crippen LogP contribution is 2.31. The molecule has 3 unspecified atom stereocenters. The Morgan fingerprint density at radius 2 is 2.10 bits per heavy atom. The van der Waals surface area contributed by atoms with Gasteiger partial charge in [0.05, 0.1) is 18.2 Å². The monoisotopic (exact) mass is 399 g/mol. The SMILES string of the molecule is NC1NCC1c1ccc(C(=O)Nc2ccc3c(c2)CCC(CC(=O)O)O3)c(F)c1. The minimum atomic E-state index is -0.897. The van der Waals surface area contributed by atoms with E-state index in [-0.39, 0.29) is 30.2 Å². The van der Waals surface area contributed by atoms with E-state index in [0.717, 1.165) is 11.1 Å². The summed E-state index contributed by atoms with van der Waals surface area (Å²) in [7, 11) is 0. The van der Waals surface area contributed by atoms with Crippen LogP contribution in [-0.4, -0.2) is 35.8 Å². The molecule has 0 radical (unpaired) electrons. The van der Waals surface area contributed by atoms with E-state index in [1.165, 1.54) is 12.1 Å². The average Bonchev–Trinajstić information content (AvgIpc) is 2.66. The molecule has 2 aromatic carbocycles. The molecule has 0 aromatic heterocycles. The van der Waals surface area contributed by atoms with Crippen molar-refractivity contribution in [3.8, 4) is 5.75 Å². The van der Waals surface area contributed by atoms with E-state index >= 15 is 0 Å². The van der Waals surface area contributed by atoms with Crippen LogP contribution in [0.5, 0.6) is 5.75 Å². The minimum absolute atomic E-state index is 0.0369. The number of halogens is 1. The van der Waals surface area contributed by atoms with Crippen LogP contribution < -0.4 is 21.1 Å². The Kier molecular flexibility index (Phi) is 5.21. The Labute approximate surface area is 167 Å². The zero-order chi connectivity index (χ0) is 20.5. The van der Waals surface area contributed by atoms with Gasteiger partial charge in [0.2, 0.25) is 0 Å². The number of carbonyl (C=O) groups excluding carboxylic acids is 1. The first-order valence-corrected chi connectivity index (χ1v) is 9.52. The summed E-state index contributed by atoms with van der Waals surface area (Å²) in [6.07, 6.45) is 0.643. The van der Waals surface area contributed by atoms with Crippen molar-refractivity contribution in [2.75, 3.05) is 11.9 Å². The molecular formula is C21H22FN3O4. The van der Waals surface area contributed by atoms with Crippen molar-refractivity contribution < 1.29 is 23.8 Å². The van der Waals surface area contributed by atoms with E-state index in [9.17, 15) is 14.0 Å². The third-order valence-corrected chi connectivity index (χ3v) is 5.42. The van der Waals surface area contributed by atoms with Crippen LogP contribution in [0.1, 0.15) is 40.2 Å². The van der Waals surface area contributed by atoms with Crippen LogP contribution in [-0.2, 0) is 11.2 Å². The van der Waals surface area contributed by atoms with Crippen LogP contribution in [0.25, 0.3) is 0 Å². The Morgan fingerprint density at radius 1 is 1.28 bits per heavy atom. The van der Waals surface area contributed by atoms with Gasteiger partial charge in [0.25, 0.3) is 5.91 Å². The Balaban J connectivity index is 1.44. The molecule has 3 atom stereocenters. The number of nitrogens with two attached hydrogens (primary N) is 1. The maximum Gasteiger partial charge on any atom is 0.307 e. The third-order valence-electron chi connectivity index (χ3n) is 5.42. The van der Waals surface area contributed by atoms with Crippen molar-refractivity contribution in [3.63, 3.8) is 0 Å². The standard InChI is InChI=1S/C21H22FN3O4/c22-17-8-11(16-10-24-20(16)23)2-5-15(17)21(28)25-13-3-6-18-12(7-13)1-4-14(29-18)9-19(26)27/h2-3,5-8,14,16,20,24H,1,4,9-10,23H2,(H,25,28)(H,26,27). The molecule has 5 N–H and O–H groups in total. The van der Waals surface area contributed by atoms with E-state index in [0.29, 0.717) is 30.8 Å². The highest BCUT2D eigenvalue weighted by atomic mass is 19.1. The van der Waals surface area contributed by atoms with Gasteiger partial charge in [-0.2, -0.15) is 0 Å². The number of hydrogen-bond acceptors (Lipinski definition) is 5. The first-order valence-electron chi connectivity index (χ1n) is 9.52. The van der Waals surface area contributed by atoms with Crippen molar-refractivity contribution in [1.29, 1.82) is 0 Å². The first kappa shape index (κ1) is 19.4. The predicted octanol–water partition coefficient (Wildman–Crippen LogP) is 2.22. The number of hydrogen-bond donors (Lipinski definition) is 4. The number of ether oxygens (including phenoxy) is 1. The Bertz CT molecular complexity index is 965. The van der Waals surface area contributed by atoms with Gasteiger partial charge < -0.3 is 26.2 Å². The molecule has 0 bridgehead atoms. The van der Waals surface area contributed by atoms with Gasteiger partial charge in [0.1, 0.15) is 17.7 Å². The predicted molar refractivity (Wildman–Crippen MR) is 105 cm³/mol. The largest absolute Gasteiger partial charge is 0.490 e. The van der Waals surface area contributed by atoms with Gasteiger partial charge in [-0.1, -0.05) is 6.07 Å². The number of anilines is 1. The van der Waals surface area contributed by atoms with E-state index < -0.39 is 17.7 Å². The summed E-state index contributed by atoms with van der Waals surface area (Å²) in [5.41, 5.74) is 7.99. The molecule has 29 heavy (non-hydrogen) atoms. The Hall–Kier alpha value is -2.97. The number of rotatable bonds is 5. The number of fused-ring (bicyclic) bond motifs is 1. The minimum Gasteiger partial charge on any atom is -0.490 e. The molecule has 1 fully saturated rings. The van der Waals surface area contributed by atoms with Crippen LogP contribution in [0.4, 0.5) is 10.1 Å². The molecule has 2 heterocycles. The lowest BCUT2D eigenvalue weighted by molar-refractivity contribution is -0.139. The van der Waals surface area contributed by atoms with Gasteiger partial charge in [0, 0.05) is 18.2 Å². The molecule has 2 aliphatic heterocycles. The lowest BCUT2D eigenvalue weighted by atomic mass is 9.89. The van der Waals surface area contributed by atoms with Gasteiger partial charge in [-0.25, -0.2) is 4.39 Å². The lowest BCUT2D eigenvalue weighted by Gasteiger charge is -2.35. The smallest absolute Gasteiger partial charge is 0.307 e. The van der Waals surface area contributed by atoms with E-state index in [1.54, 1.807) is 24.3 Å². The molecule has 7 nitrogen and oxygen atoms in total. The van der Waals surface area contributed by atoms with Crippen molar-refractivity contribution in [2.24, 2.45) is 5.73 Å². The molecule has 0 spiro atoms. The van der Waals surface area contributed by atoms with Crippen LogP contribution >= 0.6 is 0 Å². The number of carboxylic acids is 1. The molecule has 2 aromatic rings. The topological polar surface area (TPSA) is 114 Å². The molecule has 1 amide bonds. The maximum absolute atomic E-state index is 14.5. The second-order valence-electron chi connectivity index (χ2n) is 7.43. The van der Waals surface area contributed by atoms with Crippen molar-refractivity contribution >= 4 is 17.6 Å². The molecule has 1 saturated heterocycles. The highest BCUT2D eigenvalue weighted by Gasteiger charge is 2.29. The molecule has 152 valence electrons. The number of aliphatic carboxylic acids is 1. The van der Waals surface area contributed by atoms with Crippen LogP contribution in [0.15, 0.2) is 36.4 Å². The van der Waals surface area contributed by atoms with Gasteiger partial charge in [-0.3, -0.25) is 9.59 Å². The number of aryl methyl sites for hydroxylation is 1. The fourth-order valence-electron chi connectivity index (χ4n) is 3.70. The summed E-state index contributed by atoms with van der Waals surface area (Å²) in [6, 6.07) is 9.70. The molecule has 0 aliphatic carbocycles. The summed E-state index contributed by atoms with van der Waals surface area (Å²) in [5.74, 6) is -1.36. The Morgan fingerprint density at radius 3 is 2.76 bits per heavy atom. The second-order valence-corrected chi connectivity index (χ2v) is 7.43. The molecule has 0 saturated carbocycles.